The molecule has 0 aromatic carbocycles. The van der Waals surface area contributed by atoms with Crippen LogP contribution in [0, 0.1) is 12.8 Å². The van der Waals surface area contributed by atoms with Gasteiger partial charge in [-0.25, -0.2) is 0 Å². The highest BCUT2D eigenvalue weighted by Gasteiger charge is 1.86. The van der Waals surface area contributed by atoms with E-state index in [4.69, 9.17) is 0 Å². The van der Waals surface area contributed by atoms with Crippen molar-refractivity contribution in [1.29, 1.82) is 0 Å². The zero-order valence-corrected chi connectivity index (χ0v) is 13.5. The lowest BCUT2D eigenvalue weighted by molar-refractivity contribution is 0.737. The van der Waals surface area contributed by atoms with E-state index < -0.39 is 0 Å². The molecule has 0 N–H and O–H groups in total. The molecule has 0 aliphatic heterocycles. The van der Waals surface area contributed by atoms with Crippen molar-refractivity contribution in [2.45, 2.75) is 68.7 Å². The molecule has 0 bridgehead atoms. The third-order valence-electron chi connectivity index (χ3n) is 1.38. The Morgan fingerprint density at radius 2 is 1.41 bits per heavy atom. The van der Waals surface area contributed by atoms with Crippen LogP contribution in [0.1, 0.15) is 66.6 Å². The molecule has 0 aliphatic rings. The largest absolute Gasteiger partial charge is 0.261 e. The average molecular weight is 239 g/mol. The van der Waals surface area contributed by atoms with Gasteiger partial charge in [-0.1, -0.05) is 61.5 Å². The molecule has 0 atom stereocenters. The zero-order chi connectivity index (χ0) is 14.3. The zero-order valence-electron chi connectivity index (χ0n) is 13.5. The summed E-state index contributed by atoms with van der Waals surface area (Å²) < 4.78 is 0. The van der Waals surface area contributed by atoms with Crippen LogP contribution in [0.25, 0.3) is 0 Å². The van der Waals surface area contributed by atoms with Crippen molar-refractivity contribution >= 4 is 0 Å². The van der Waals surface area contributed by atoms with Crippen molar-refractivity contribution in [1.82, 2.24) is 4.98 Å². The van der Waals surface area contributed by atoms with Gasteiger partial charge in [0.15, 0.2) is 0 Å². The highest BCUT2D eigenvalue weighted by Crippen LogP contribution is 1.98. The van der Waals surface area contributed by atoms with Gasteiger partial charge >= 0.3 is 0 Å². The van der Waals surface area contributed by atoms with Crippen molar-refractivity contribution in [2.75, 3.05) is 0 Å². The molecule has 17 heavy (non-hydrogen) atoms. The monoisotopic (exact) mass is 239 g/mol. The van der Waals surface area contributed by atoms with E-state index >= 15 is 0 Å². The summed E-state index contributed by atoms with van der Waals surface area (Å²) in [6.07, 6.45) is 3.00. The summed E-state index contributed by atoms with van der Waals surface area (Å²) in [5.74, 6) is 0.833. The first-order chi connectivity index (χ1) is 8.06. The SMILES string of the molecule is CC.CC.CC(C)C.CCc1ccc(C)nc1. The summed E-state index contributed by atoms with van der Waals surface area (Å²) in [7, 11) is 0. The summed E-state index contributed by atoms with van der Waals surface area (Å²) in [4.78, 5) is 4.15. The van der Waals surface area contributed by atoms with Crippen LogP contribution in [0.4, 0.5) is 0 Å². The number of hydrogen-bond donors (Lipinski definition) is 0. The average Bonchev–Trinajstić information content (AvgIpc) is 2.34. The predicted molar refractivity (Wildman–Crippen MR) is 81.6 cm³/mol. The van der Waals surface area contributed by atoms with Crippen LogP contribution in [0.5, 0.6) is 0 Å². The van der Waals surface area contributed by atoms with E-state index in [-0.39, 0.29) is 0 Å². The lowest BCUT2D eigenvalue weighted by Gasteiger charge is -1.93. The molecule has 1 nitrogen and oxygen atoms in total. The van der Waals surface area contributed by atoms with Gasteiger partial charge in [0.2, 0.25) is 0 Å². The second-order valence-electron chi connectivity index (χ2n) is 3.89. The summed E-state index contributed by atoms with van der Waals surface area (Å²) in [5, 5.41) is 0. The van der Waals surface area contributed by atoms with Gasteiger partial charge in [-0.2, -0.15) is 0 Å². The van der Waals surface area contributed by atoms with E-state index in [1.54, 1.807) is 0 Å². The van der Waals surface area contributed by atoms with Crippen LogP contribution < -0.4 is 0 Å². The van der Waals surface area contributed by atoms with Crippen LogP contribution in [0.15, 0.2) is 18.3 Å². The number of aryl methyl sites for hydroxylation is 2. The second-order valence-corrected chi connectivity index (χ2v) is 3.89. The van der Waals surface area contributed by atoms with Crippen LogP contribution in [0.2, 0.25) is 0 Å². The van der Waals surface area contributed by atoms with E-state index in [2.05, 4.69) is 38.7 Å². The first-order valence-electron chi connectivity index (χ1n) is 6.97. The fraction of sp³-hybridized carbons (Fsp3) is 0.688. The van der Waals surface area contributed by atoms with Crippen molar-refractivity contribution in [3.05, 3.63) is 29.6 Å². The van der Waals surface area contributed by atoms with Gasteiger partial charge in [-0.3, -0.25) is 4.98 Å². The Kier molecular flexibility index (Phi) is 22.1. The Labute approximate surface area is 110 Å². The molecule has 0 saturated heterocycles. The Bertz CT molecular complexity index is 209. The molecule has 1 aromatic heterocycles. The fourth-order valence-corrected chi connectivity index (χ4v) is 0.708. The molecule has 0 aliphatic carbocycles. The predicted octanol–water partition coefficient (Wildman–Crippen LogP) is 5.67. The second kappa shape index (κ2) is 17.5. The van der Waals surface area contributed by atoms with Crippen LogP contribution in [-0.4, -0.2) is 4.98 Å². The van der Waals surface area contributed by atoms with Crippen molar-refractivity contribution in [3.63, 3.8) is 0 Å². The Morgan fingerprint density at radius 1 is 1.00 bits per heavy atom. The van der Waals surface area contributed by atoms with E-state index in [0.717, 1.165) is 18.0 Å². The molecule has 102 valence electrons. The number of aromatic nitrogens is 1. The molecular weight excluding hydrogens is 206 g/mol. The summed E-state index contributed by atoms with van der Waals surface area (Å²) >= 11 is 0. The number of rotatable bonds is 1. The molecule has 0 spiro atoms. The van der Waals surface area contributed by atoms with Crippen LogP contribution in [-0.2, 0) is 6.42 Å². The minimum Gasteiger partial charge on any atom is -0.261 e. The van der Waals surface area contributed by atoms with Gasteiger partial charge in [-0.15, -0.1) is 0 Å². The lowest BCUT2D eigenvalue weighted by atomic mass is 10.2. The summed E-state index contributed by atoms with van der Waals surface area (Å²) in [6.45, 7) is 18.6. The topological polar surface area (TPSA) is 12.9 Å². The standard InChI is InChI=1S/C8H11N.C4H10.2C2H6/c1-3-8-5-4-7(2)9-6-8;1-4(2)3;2*1-2/h4-6H,3H2,1-2H3;4H,1-3H3;2*1-2H3. The number of pyridine rings is 1. The van der Waals surface area contributed by atoms with Crippen molar-refractivity contribution < 1.29 is 0 Å². The molecular formula is C16H33N. The van der Waals surface area contributed by atoms with Gasteiger partial charge in [0.05, 0.1) is 0 Å². The molecule has 1 aromatic rings. The van der Waals surface area contributed by atoms with E-state index in [9.17, 15) is 0 Å². The van der Waals surface area contributed by atoms with E-state index in [0.29, 0.717) is 0 Å². The highest BCUT2D eigenvalue weighted by molar-refractivity contribution is 5.12. The van der Waals surface area contributed by atoms with Gasteiger partial charge in [0, 0.05) is 11.9 Å². The maximum absolute atomic E-state index is 4.15. The third-order valence-corrected chi connectivity index (χ3v) is 1.38. The molecule has 0 amide bonds. The van der Waals surface area contributed by atoms with Gasteiger partial charge in [0.1, 0.15) is 0 Å². The number of hydrogen-bond acceptors (Lipinski definition) is 1. The van der Waals surface area contributed by atoms with E-state index in [1.807, 2.05) is 46.9 Å². The Morgan fingerprint density at radius 3 is 1.65 bits per heavy atom. The molecule has 0 fully saturated rings. The minimum absolute atomic E-state index is 0.833. The van der Waals surface area contributed by atoms with Gasteiger partial charge < -0.3 is 0 Å². The van der Waals surface area contributed by atoms with Crippen LogP contribution in [0.3, 0.4) is 0 Å². The summed E-state index contributed by atoms with van der Waals surface area (Å²) in [5.41, 5.74) is 2.40. The highest BCUT2D eigenvalue weighted by atomic mass is 14.6. The summed E-state index contributed by atoms with van der Waals surface area (Å²) in [6, 6.07) is 4.15. The van der Waals surface area contributed by atoms with E-state index in [1.165, 1.54) is 5.56 Å². The third kappa shape index (κ3) is 21.1. The lowest BCUT2D eigenvalue weighted by Crippen LogP contribution is -1.83. The smallest absolute Gasteiger partial charge is 0.0372 e. The molecule has 0 unspecified atom stereocenters. The fourth-order valence-electron chi connectivity index (χ4n) is 0.708. The maximum Gasteiger partial charge on any atom is 0.0372 e. The van der Waals surface area contributed by atoms with Crippen LogP contribution >= 0.6 is 0 Å². The Balaban J connectivity index is -0.000000208. The Hall–Kier alpha value is -0.850. The first-order valence-corrected chi connectivity index (χ1v) is 6.97. The molecule has 1 heteroatoms. The normalized spacial score (nSPS) is 7.88. The molecule has 1 rings (SSSR count). The molecule has 0 saturated carbocycles. The first kappa shape index (κ1) is 21.4. The minimum atomic E-state index is 0.833. The number of nitrogens with zero attached hydrogens (tertiary/aromatic N) is 1. The quantitative estimate of drug-likeness (QED) is 0.615. The molecule has 0 radical (unpaired) electrons. The van der Waals surface area contributed by atoms with Gasteiger partial charge in [0.25, 0.3) is 0 Å². The van der Waals surface area contributed by atoms with Crippen molar-refractivity contribution in [3.8, 4) is 0 Å². The van der Waals surface area contributed by atoms with Gasteiger partial charge in [-0.05, 0) is 30.9 Å². The molecule has 1 heterocycles. The van der Waals surface area contributed by atoms with Crippen molar-refractivity contribution in [2.24, 2.45) is 5.92 Å². The maximum atomic E-state index is 4.15.